The van der Waals surface area contributed by atoms with Crippen molar-refractivity contribution in [2.75, 3.05) is 12.4 Å². The molecule has 0 fully saturated rings. The van der Waals surface area contributed by atoms with E-state index in [9.17, 15) is 4.79 Å². The van der Waals surface area contributed by atoms with Crippen LogP contribution in [0.5, 0.6) is 5.75 Å². The molecule has 2 N–H and O–H groups in total. The molecule has 0 amide bonds. The molecule has 6 heteroatoms. The highest BCUT2D eigenvalue weighted by Crippen LogP contribution is 2.23. The number of carboxylic acid groups (broad SMARTS) is 1. The zero-order chi connectivity index (χ0) is 15.2. The standard InChI is InChI=1S/C15H17N3O3/c1-3-12(10-4-6-11(21-2)7-5-10)18-14-9-16-13(8-17-14)15(19)20/h4-9,12H,3H2,1-2H3,(H,17,18)(H,19,20). The van der Waals surface area contributed by atoms with Crippen LogP contribution in [-0.4, -0.2) is 28.2 Å². The second-order valence-electron chi connectivity index (χ2n) is 4.47. The predicted octanol–water partition coefficient (Wildman–Crippen LogP) is 2.75. The van der Waals surface area contributed by atoms with Crippen LogP contribution in [0.25, 0.3) is 0 Å². The van der Waals surface area contributed by atoms with Gasteiger partial charge in [-0.1, -0.05) is 19.1 Å². The van der Waals surface area contributed by atoms with Gasteiger partial charge in [-0.25, -0.2) is 14.8 Å². The monoisotopic (exact) mass is 287 g/mol. The van der Waals surface area contributed by atoms with Crippen molar-refractivity contribution in [3.63, 3.8) is 0 Å². The van der Waals surface area contributed by atoms with E-state index in [1.54, 1.807) is 7.11 Å². The number of carboxylic acids is 1. The molecular formula is C15H17N3O3. The summed E-state index contributed by atoms with van der Waals surface area (Å²) in [4.78, 5) is 18.6. The minimum absolute atomic E-state index is 0.0703. The van der Waals surface area contributed by atoms with Crippen molar-refractivity contribution in [2.45, 2.75) is 19.4 Å². The number of nitrogens with zero attached hydrogens (tertiary/aromatic N) is 2. The Balaban J connectivity index is 2.12. The number of hydrogen-bond acceptors (Lipinski definition) is 5. The second kappa shape index (κ2) is 6.69. The molecule has 1 atom stereocenters. The van der Waals surface area contributed by atoms with Gasteiger partial charge in [-0.2, -0.15) is 0 Å². The molecule has 110 valence electrons. The number of ether oxygens (including phenoxy) is 1. The number of carbonyl (C=O) groups is 1. The first-order valence-corrected chi connectivity index (χ1v) is 6.60. The van der Waals surface area contributed by atoms with Gasteiger partial charge >= 0.3 is 5.97 Å². The average Bonchev–Trinajstić information content (AvgIpc) is 2.53. The maximum atomic E-state index is 10.7. The van der Waals surface area contributed by atoms with E-state index in [0.29, 0.717) is 5.82 Å². The fourth-order valence-electron chi connectivity index (χ4n) is 1.95. The van der Waals surface area contributed by atoms with Crippen LogP contribution in [0.2, 0.25) is 0 Å². The Labute approximate surface area is 122 Å². The lowest BCUT2D eigenvalue weighted by Crippen LogP contribution is -2.12. The summed E-state index contributed by atoms with van der Waals surface area (Å²) in [6.07, 6.45) is 3.52. The van der Waals surface area contributed by atoms with Crippen LogP contribution < -0.4 is 10.1 Å². The molecule has 0 aliphatic heterocycles. The van der Waals surface area contributed by atoms with E-state index in [1.165, 1.54) is 12.4 Å². The van der Waals surface area contributed by atoms with Gasteiger partial charge in [-0.3, -0.25) is 0 Å². The second-order valence-corrected chi connectivity index (χ2v) is 4.47. The lowest BCUT2D eigenvalue weighted by atomic mass is 10.0. The highest BCUT2D eigenvalue weighted by molar-refractivity contribution is 5.84. The molecule has 2 rings (SSSR count). The van der Waals surface area contributed by atoms with E-state index in [1.807, 2.05) is 24.3 Å². The van der Waals surface area contributed by atoms with E-state index >= 15 is 0 Å². The Morgan fingerprint density at radius 2 is 2.00 bits per heavy atom. The Morgan fingerprint density at radius 1 is 1.29 bits per heavy atom. The smallest absolute Gasteiger partial charge is 0.356 e. The zero-order valence-corrected chi connectivity index (χ0v) is 11.9. The lowest BCUT2D eigenvalue weighted by molar-refractivity contribution is 0.0690. The van der Waals surface area contributed by atoms with Crippen LogP contribution in [-0.2, 0) is 0 Å². The van der Waals surface area contributed by atoms with Crippen molar-refractivity contribution >= 4 is 11.8 Å². The van der Waals surface area contributed by atoms with Gasteiger partial charge < -0.3 is 15.2 Å². The number of anilines is 1. The van der Waals surface area contributed by atoms with Gasteiger partial charge in [0.25, 0.3) is 0 Å². The molecule has 1 heterocycles. The van der Waals surface area contributed by atoms with Gasteiger partial charge in [0, 0.05) is 0 Å². The largest absolute Gasteiger partial charge is 0.497 e. The van der Waals surface area contributed by atoms with Crippen LogP contribution in [0, 0.1) is 0 Å². The molecule has 1 aromatic heterocycles. The fourth-order valence-corrected chi connectivity index (χ4v) is 1.95. The SMILES string of the molecule is CCC(Nc1cnc(C(=O)O)cn1)c1ccc(OC)cc1. The summed E-state index contributed by atoms with van der Waals surface area (Å²) in [7, 11) is 1.63. The van der Waals surface area contributed by atoms with Crippen molar-refractivity contribution < 1.29 is 14.6 Å². The van der Waals surface area contributed by atoms with E-state index < -0.39 is 5.97 Å². The summed E-state index contributed by atoms with van der Waals surface area (Å²) in [5.41, 5.74) is 1.03. The number of hydrogen-bond donors (Lipinski definition) is 2. The Kier molecular flexibility index (Phi) is 4.71. The summed E-state index contributed by atoms with van der Waals surface area (Å²) in [5.74, 6) is 0.262. The predicted molar refractivity (Wildman–Crippen MR) is 78.6 cm³/mol. The van der Waals surface area contributed by atoms with Gasteiger partial charge in [0.2, 0.25) is 0 Å². The molecule has 1 unspecified atom stereocenters. The van der Waals surface area contributed by atoms with E-state index in [-0.39, 0.29) is 11.7 Å². The van der Waals surface area contributed by atoms with Crippen LogP contribution in [0.1, 0.15) is 35.4 Å². The molecule has 6 nitrogen and oxygen atoms in total. The molecule has 0 saturated heterocycles. The summed E-state index contributed by atoms with van der Waals surface area (Å²) < 4.78 is 5.14. The third-order valence-electron chi connectivity index (χ3n) is 3.12. The molecule has 0 spiro atoms. The first kappa shape index (κ1) is 14.8. The molecule has 2 aromatic rings. The number of methoxy groups -OCH3 is 1. The highest BCUT2D eigenvalue weighted by Gasteiger charge is 2.11. The lowest BCUT2D eigenvalue weighted by Gasteiger charge is -2.18. The van der Waals surface area contributed by atoms with E-state index in [0.717, 1.165) is 17.7 Å². The third kappa shape index (κ3) is 3.68. The van der Waals surface area contributed by atoms with Crippen LogP contribution in [0.3, 0.4) is 0 Å². The summed E-state index contributed by atoms with van der Waals surface area (Å²) in [6.45, 7) is 2.06. The molecule has 0 saturated carbocycles. The molecule has 0 radical (unpaired) electrons. The molecule has 0 aliphatic carbocycles. The summed E-state index contributed by atoms with van der Waals surface area (Å²) in [5, 5.41) is 12.0. The van der Waals surface area contributed by atoms with Crippen molar-refractivity contribution in [3.05, 3.63) is 47.9 Å². The minimum atomic E-state index is -1.09. The number of aromatic nitrogens is 2. The number of aromatic carboxylic acids is 1. The molecule has 1 aromatic carbocycles. The number of nitrogens with one attached hydrogen (secondary N) is 1. The molecule has 21 heavy (non-hydrogen) atoms. The van der Waals surface area contributed by atoms with Crippen molar-refractivity contribution in [1.82, 2.24) is 9.97 Å². The van der Waals surface area contributed by atoms with Gasteiger partial charge in [-0.15, -0.1) is 0 Å². The Morgan fingerprint density at radius 3 is 2.48 bits per heavy atom. The number of rotatable bonds is 6. The summed E-state index contributed by atoms with van der Waals surface area (Å²) >= 11 is 0. The molecular weight excluding hydrogens is 270 g/mol. The Hall–Kier alpha value is -2.63. The van der Waals surface area contributed by atoms with E-state index in [4.69, 9.17) is 9.84 Å². The average molecular weight is 287 g/mol. The van der Waals surface area contributed by atoms with Gasteiger partial charge in [-0.05, 0) is 24.1 Å². The van der Waals surface area contributed by atoms with Gasteiger partial charge in [0.1, 0.15) is 11.6 Å². The Bertz CT molecular complexity index is 597. The maximum Gasteiger partial charge on any atom is 0.356 e. The fraction of sp³-hybridized carbons (Fsp3) is 0.267. The van der Waals surface area contributed by atoms with Crippen LogP contribution >= 0.6 is 0 Å². The van der Waals surface area contributed by atoms with Gasteiger partial charge in [0.05, 0.1) is 25.5 Å². The third-order valence-corrected chi connectivity index (χ3v) is 3.12. The van der Waals surface area contributed by atoms with Crippen molar-refractivity contribution in [2.24, 2.45) is 0 Å². The maximum absolute atomic E-state index is 10.7. The molecule has 0 bridgehead atoms. The van der Waals surface area contributed by atoms with Crippen LogP contribution in [0.4, 0.5) is 5.82 Å². The summed E-state index contributed by atoms with van der Waals surface area (Å²) in [6, 6.07) is 7.84. The first-order valence-electron chi connectivity index (χ1n) is 6.60. The number of benzene rings is 1. The van der Waals surface area contributed by atoms with E-state index in [2.05, 4.69) is 22.2 Å². The van der Waals surface area contributed by atoms with Crippen molar-refractivity contribution in [3.8, 4) is 5.75 Å². The minimum Gasteiger partial charge on any atom is -0.497 e. The van der Waals surface area contributed by atoms with Crippen LogP contribution in [0.15, 0.2) is 36.7 Å². The molecule has 0 aliphatic rings. The van der Waals surface area contributed by atoms with Crippen molar-refractivity contribution in [1.29, 1.82) is 0 Å². The quantitative estimate of drug-likeness (QED) is 0.849. The first-order chi connectivity index (χ1) is 10.1. The van der Waals surface area contributed by atoms with Gasteiger partial charge in [0.15, 0.2) is 5.69 Å². The topological polar surface area (TPSA) is 84.3 Å². The highest BCUT2D eigenvalue weighted by atomic mass is 16.5. The zero-order valence-electron chi connectivity index (χ0n) is 11.9. The normalized spacial score (nSPS) is 11.7.